The molecule has 0 unspecified atom stereocenters. The highest BCUT2D eigenvalue weighted by Gasteiger charge is 2.28. The molecule has 0 aromatic carbocycles. The van der Waals surface area contributed by atoms with E-state index < -0.39 is 17.5 Å². The Balaban J connectivity index is 4.31. The number of rotatable bonds is 8. The fraction of sp³-hybridized carbons (Fsp3) is 0.727. The SMILES string of the molecule is CNC(C)(C)C(=O)N[C@@H](CCCNC(=N)N)C(N)=O. The van der Waals surface area contributed by atoms with Crippen LogP contribution in [0.25, 0.3) is 0 Å². The van der Waals surface area contributed by atoms with Crippen molar-refractivity contribution >= 4 is 17.8 Å². The lowest BCUT2D eigenvalue weighted by Crippen LogP contribution is -2.56. The van der Waals surface area contributed by atoms with Gasteiger partial charge in [0.15, 0.2) is 5.96 Å². The third-order valence-electron chi connectivity index (χ3n) is 2.83. The average molecular weight is 272 g/mol. The van der Waals surface area contributed by atoms with Crippen molar-refractivity contribution in [3.63, 3.8) is 0 Å². The Morgan fingerprint density at radius 2 is 1.89 bits per heavy atom. The van der Waals surface area contributed by atoms with Crippen molar-refractivity contribution in [2.75, 3.05) is 13.6 Å². The van der Waals surface area contributed by atoms with Crippen LogP contribution in [0.3, 0.4) is 0 Å². The summed E-state index contributed by atoms with van der Waals surface area (Å²) in [4.78, 5) is 23.2. The van der Waals surface area contributed by atoms with Gasteiger partial charge in [0.25, 0.3) is 0 Å². The first kappa shape index (κ1) is 17.2. The van der Waals surface area contributed by atoms with Gasteiger partial charge in [-0.05, 0) is 33.7 Å². The zero-order valence-corrected chi connectivity index (χ0v) is 11.7. The van der Waals surface area contributed by atoms with Crippen LogP contribution in [0.2, 0.25) is 0 Å². The number of hydrogen-bond acceptors (Lipinski definition) is 4. The van der Waals surface area contributed by atoms with E-state index in [1.54, 1.807) is 20.9 Å². The molecule has 0 bridgehead atoms. The van der Waals surface area contributed by atoms with E-state index in [1.807, 2.05) is 0 Å². The highest BCUT2D eigenvalue weighted by atomic mass is 16.2. The minimum atomic E-state index is -0.772. The molecule has 0 aromatic heterocycles. The lowest BCUT2D eigenvalue weighted by molar-refractivity contribution is -0.130. The molecule has 8 heteroatoms. The highest BCUT2D eigenvalue weighted by Crippen LogP contribution is 2.03. The van der Waals surface area contributed by atoms with E-state index in [0.29, 0.717) is 19.4 Å². The number of primary amides is 1. The first-order chi connectivity index (χ1) is 8.70. The van der Waals surface area contributed by atoms with E-state index in [4.69, 9.17) is 16.9 Å². The molecule has 19 heavy (non-hydrogen) atoms. The van der Waals surface area contributed by atoms with Crippen molar-refractivity contribution in [2.45, 2.75) is 38.3 Å². The second-order valence-electron chi connectivity index (χ2n) is 4.79. The third kappa shape index (κ3) is 6.61. The largest absolute Gasteiger partial charge is 0.370 e. The van der Waals surface area contributed by atoms with Crippen LogP contribution in [0, 0.1) is 5.41 Å². The summed E-state index contributed by atoms with van der Waals surface area (Å²) in [5.41, 5.74) is 9.61. The van der Waals surface area contributed by atoms with Crippen LogP contribution in [0.4, 0.5) is 0 Å². The van der Waals surface area contributed by atoms with Crippen molar-refractivity contribution in [3.8, 4) is 0 Å². The van der Waals surface area contributed by atoms with Crippen molar-refractivity contribution in [1.29, 1.82) is 5.41 Å². The Hall–Kier alpha value is -1.83. The van der Waals surface area contributed by atoms with Crippen LogP contribution in [-0.4, -0.2) is 42.9 Å². The van der Waals surface area contributed by atoms with Gasteiger partial charge in [0.1, 0.15) is 6.04 Å². The lowest BCUT2D eigenvalue weighted by atomic mass is 10.0. The topological polar surface area (TPSA) is 146 Å². The lowest BCUT2D eigenvalue weighted by Gasteiger charge is -2.25. The third-order valence-corrected chi connectivity index (χ3v) is 2.83. The number of nitrogens with one attached hydrogen (secondary N) is 4. The van der Waals surface area contributed by atoms with E-state index in [-0.39, 0.29) is 11.9 Å². The molecule has 0 saturated heterocycles. The molecule has 8 nitrogen and oxygen atoms in total. The number of carbonyl (C=O) groups is 2. The standard InChI is InChI=1S/C11H24N6O2/c1-11(2,15-3)9(19)17-7(8(12)18)5-4-6-16-10(13)14/h7,15H,4-6H2,1-3H3,(H2,12,18)(H,17,19)(H4,13,14,16)/t7-/m0/s1. The molecule has 2 amide bonds. The predicted octanol–water partition coefficient (Wildman–Crippen LogP) is -1.78. The van der Waals surface area contributed by atoms with Crippen LogP contribution < -0.4 is 27.4 Å². The molecular weight excluding hydrogens is 248 g/mol. The molecule has 0 rings (SSSR count). The van der Waals surface area contributed by atoms with Crippen molar-refractivity contribution in [3.05, 3.63) is 0 Å². The molecule has 1 atom stereocenters. The fourth-order valence-corrected chi connectivity index (χ4v) is 1.27. The van der Waals surface area contributed by atoms with E-state index in [0.717, 1.165) is 0 Å². The number of nitrogens with two attached hydrogens (primary N) is 2. The predicted molar refractivity (Wildman–Crippen MR) is 73.4 cm³/mol. The molecule has 0 fully saturated rings. The molecule has 110 valence electrons. The van der Waals surface area contributed by atoms with Crippen LogP contribution in [0.15, 0.2) is 0 Å². The fourth-order valence-electron chi connectivity index (χ4n) is 1.27. The van der Waals surface area contributed by atoms with Gasteiger partial charge in [0.2, 0.25) is 11.8 Å². The quantitative estimate of drug-likeness (QED) is 0.176. The van der Waals surface area contributed by atoms with Gasteiger partial charge in [-0.1, -0.05) is 0 Å². The molecule has 0 radical (unpaired) electrons. The van der Waals surface area contributed by atoms with E-state index >= 15 is 0 Å². The second kappa shape index (κ2) is 7.57. The molecule has 0 aliphatic rings. The van der Waals surface area contributed by atoms with E-state index in [9.17, 15) is 9.59 Å². The van der Waals surface area contributed by atoms with Gasteiger partial charge in [0, 0.05) is 6.54 Å². The van der Waals surface area contributed by atoms with Crippen molar-refractivity contribution in [1.82, 2.24) is 16.0 Å². The van der Waals surface area contributed by atoms with Gasteiger partial charge in [0.05, 0.1) is 5.54 Å². The Bertz CT molecular complexity index is 342. The molecular formula is C11H24N6O2. The number of amides is 2. The summed E-state index contributed by atoms with van der Waals surface area (Å²) in [6.45, 7) is 3.86. The maximum absolute atomic E-state index is 11.9. The summed E-state index contributed by atoms with van der Waals surface area (Å²) in [5.74, 6) is -1.00. The second-order valence-corrected chi connectivity index (χ2v) is 4.79. The molecule has 0 aromatic rings. The number of likely N-dealkylation sites (N-methyl/N-ethyl adjacent to an activating group) is 1. The molecule has 0 aliphatic carbocycles. The Morgan fingerprint density at radius 3 is 2.32 bits per heavy atom. The van der Waals surface area contributed by atoms with Gasteiger partial charge >= 0.3 is 0 Å². The zero-order chi connectivity index (χ0) is 15.1. The van der Waals surface area contributed by atoms with Gasteiger partial charge in [-0.15, -0.1) is 0 Å². The van der Waals surface area contributed by atoms with E-state index in [2.05, 4.69) is 16.0 Å². The van der Waals surface area contributed by atoms with Crippen LogP contribution >= 0.6 is 0 Å². The Kier molecular flexibility index (Phi) is 6.84. The monoisotopic (exact) mass is 272 g/mol. The smallest absolute Gasteiger partial charge is 0.240 e. The maximum Gasteiger partial charge on any atom is 0.240 e. The van der Waals surface area contributed by atoms with Gasteiger partial charge < -0.3 is 27.4 Å². The van der Waals surface area contributed by atoms with Crippen LogP contribution in [0.5, 0.6) is 0 Å². The number of hydrogen-bond donors (Lipinski definition) is 6. The van der Waals surface area contributed by atoms with Crippen LogP contribution in [-0.2, 0) is 9.59 Å². The van der Waals surface area contributed by atoms with Crippen molar-refractivity contribution < 1.29 is 9.59 Å². The Morgan fingerprint density at radius 1 is 1.32 bits per heavy atom. The average Bonchev–Trinajstić information content (AvgIpc) is 2.31. The molecule has 0 spiro atoms. The van der Waals surface area contributed by atoms with Gasteiger partial charge in [-0.2, -0.15) is 0 Å². The molecule has 8 N–H and O–H groups in total. The summed E-state index contributed by atoms with van der Waals surface area (Å²) in [6.07, 6.45) is 0.953. The van der Waals surface area contributed by atoms with Crippen LogP contribution in [0.1, 0.15) is 26.7 Å². The maximum atomic E-state index is 11.9. The van der Waals surface area contributed by atoms with Gasteiger partial charge in [-0.3, -0.25) is 15.0 Å². The summed E-state index contributed by atoms with van der Waals surface area (Å²) in [6, 6.07) is -0.728. The molecule has 0 heterocycles. The summed E-state index contributed by atoms with van der Waals surface area (Å²) >= 11 is 0. The van der Waals surface area contributed by atoms with E-state index in [1.165, 1.54) is 0 Å². The highest BCUT2D eigenvalue weighted by molar-refractivity contribution is 5.90. The normalized spacial score (nSPS) is 12.6. The minimum Gasteiger partial charge on any atom is -0.370 e. The summed E-state index contributed by atoms with van der Waals surface area (Å²) in [7, 11) is 1.66. The summed E-state index contributed by atoms with van der Waals surface area (Å²) < 4.78 is 0. The summed E-state index contributed by atoms with van der Waals surface area (Å²) in [5, 5.41) is 15.1. The molecule has 0 aliphatic heterocycles. The first-order valence-electron chi connectivity index (χ1n) is 6.07. The first-order valence-corrected chi connectivity index (χ1v) is 6.07. The molecule has 0 saturated carbocycles. The zero-order valence-electron chi connectivity index (χ0n) is 11.7. The van der Waals surface area contributed by atoms with Crippen molar-refractivity contribution in [2.24, 2.45) is 11.5 Å². The van der Waals surface area contributed by atoms with Gasteiger partial charge in [-0.25, -0.2) is 0 Å². The Labute approximate surface area is 113 Å². The minimum absolute atomic E-state index is 0.129. The number of carbonyl (C=O) groups excluding carboxylic acids is 2. The number of guanidine groups is 1.